The van der Waals surface area contributed by atoms with Gasteiger partial charge in [-0.2, -0.15) is 16.9 Å². The van der Waals surface area contributed by atoms with Crippen molar-refractivity contribution in [3.05, 3.63) is 12.2 Å². The van der Waals surface area contributed by atoms with E-state index >= 15 is 0 Å². The predicted octanol–water partition coefficient (Wildman–Crippen LogP) is 1.98. The van der Waals surface area contributed by atoms with Gasteiger partial charge in [0.25, 0.3) is 0 Å². The first kappa shape index (κ1) is 14.5. The summed E-state index contributed by atoms with van der Waals surface area (Å²) in [4.78, 5) is 4.22. The van der Waals surface area contributed by atoms with Crippen LogP contribution in [0.15, 0.2) is 6.33 Å². The Bertz CT molecular complexity index is 325. The smallest absolute Gasteiger partial charge is 0.138 e. The van der Waals surface area contributed by atoms with Crippen molar-refractivity contribution in [2.24, 2.45) is 5.92 Å². The maximum atomic E-state index is 9.93. The van der Waals surface area contributed by atoms with Crippen molar-refractivity contribution in [1.29, 1.82) is 0 Å². The van der Waals surface area contributed by atoms with E-state index in [0.717, 1.165) is 18.1 Å². The fourth-order valence-corrected chi connectivity index (χ4v) is 2.24. The van der Waals surface area contributed by atoms with Gasteiger partial charge in [-0.05, 0) is 11.2 Å². The number of nitrogens with zero attached hydrogens (tertiary/aromatic N) is 3. The lowest BCUT2D eigenvalue weighted by Gasteiger charge is -2.13. The maximum Gasteiger partial charge on any atom is 0.138 e. The van der Waals surface area contributed by atoms with Crippen LogP contribution >= 0.6 is 11.8 Å². The number of thioether (sulfide) groups is 1. The molecule has 0 aromatic carbocycles. The summed E-state index contributed by atoms with van der Waals surface area (Å²) in [5.41, 5.74) is 0. The fourth-order valence-electron chi connectivity index (χ4n) is 1.52. The van der Waals surface area contributed by atoms with Gasteiger partial charge in [0.2, 0.25) is 0 Å². The number of aromatic nitrogens is 3. The van der Waals surface area contributed by atoms with Crippen molar-refractivity contribution in [1.82, 2.24) is 14.8 Å². The Morgan fingerprint density at radius 2 is 2.06 bits per heavy atom. The van der Waals surface area contributed by atoms with E-state index < -0.39 is 0 Å². The minimum absolute atomic E-state index is 0.336. The molecule has 0 amide bonds. The van der Waals surface area contributed by atoms with E-state index in [1.54, 1.807) is 18.1 Å². The van der Waals surface area contributed by atoms with Crippen LogP contribution in [0.3, 0.4) is 0 Å². The van der Waals surface area contributed by atoms with Crippen LogP contribution in [0, 0.1) is 5.92 Å². The zero-order valence-electron chi connectivity index (χ0n) is 11.1. The first-order valence-electron chi connectivity index (χ1n) is 6.15. The van der Waals surface area contributed by atoms with Crippen LogP contribution in [0.1, 0.15) is 33.5 Å². The third kappa shape index (κ3) is 5.55. The van der Waals surface area contributed by atoms with Gasteiger partial charge in [-0.1, -0.05) is 27.7 Å². The highest BCUT2D eigenvalue weighted by molar-refractivity contribution is 7.99. The SMILES string of the molecule is CC(C)Cn1ncnc1CC(O)CSC(C)C. The van der Waals surface area contributed by atoms with E-state index in [1.165, 1.54) is 0 Å². The predicted molar refractivity (Wildman–Crippen MR) is 72.2 cm³/mol. The quantitative estimate of drug-likeness (QED) is 0.811. The highest BCUT2D eigenvalue weighted by Crippen LogP contribution is 2.13. The van der Waals surface area contributed by atoms with Gasteiger partial charge in [0.15, 0.2) is 0 Å². The van der Waals surface area contributed by atoms with Gasteiger partial charge < -0.3 is 5.11 Å². The molecule has 17 heavy (non-hydrogen) atoms. The molecule has 0 saturated heterocycles. The van der Waals surface area contributed by atoms with Gasteiger partial charge in [-0.25, -0.2) is 9.67 Å². The van der Waals surface area contributed by atoms with Crippen LogP contribution in [0.5, 0.6) is 0 Å². The van der Waals surface area contributed by atoms with Crippen LogP contribution in [-0.2, 0) is 13.0 Å². The second-order valence-corrected chi connectivity index (χ2v) is 6.60. The van der Waals surface area contributed by atoms with E-state index in [-0.39, 0.29) is 6.10 Å². The molecule has 0 aliphatic heterocycles. The molecule has 5 heteroatoms. The van der Waals surface area contributed by atoms with E-state index in [9.17, 15) is 5.11 Å². The van der Waals surface area contributed by atoms with Crippen LogP contribution in [0.25, 0.3) is 0 Å². The fraction of sp³-hybridized carbons (Fsp3) is 0.833. The van der Waals surface area contributed by atoms with E-state index in [4.69, 9.17) is 0 Å². The Labute approximate surface area is 108 Å². The summed E-state index contributed by atoms with van der Waals surface area (Å²) in [6, 6.07) is 0. The van der Waals surface area contributed by atoms with Crippen molar-refractivity contribution in [2.75, 3.05) is 5.75 Å². The summed E-state index contributed by atoms with van der Waals surface area (Å²) in [5, 5.41) is 14.7. The molecule has 1 aromatic heterocycles. The minimum atomic E-state index is -0.336. The number of hydrogen-bond acceptors (Lipinski definition) is 4. The Morgan fingerprint density at radius 1 is 1.35 bits per heavy atom. The molecule has 1 unspecified atom stereocenters. The van der Waals surface area contributed by atoms with Crippen LogP contribution < -0.4 is 0 Å². The third-order valence-electron chi connectivity index (χ3n) is 2.27. The Kier molecular flexibility index (Phi) is 5.98. The van der Waals surface area contributed by atoms with Crippen LogP contribution in [-0.4, -0.2) is 37.0 Å². The van der Waals surface area contributed by atoms with E-state index in [0.29, 0.717) is 17.6 Å². The summed E-state index contributed by atoms with van der Waals surface area (Å²) in [7, 11) is 0. The molecular formula is C12H23N3OS. The summed E-state index contributed by atoms with van der Waals surface area (Å²) < 4.78 is 1.90. The average Bonchev–Trinajstić information content (AvgIpc) is 2.62. The summed E-state index contributed by atoms with van der Waals surface area (Å²) in [6.45, 7) is 9.43. The number of aliphatic hydroxyl groups is 1. The summed E-state index contributed by atoms with van der Waals surface area (Å²) >= 11 is 1.77. The first-order chi connectivity index (χ1) is 7.99. The molecule has 0 radical (unpaired) electrons. The van der Waals surface area contributed by atoms with Gasteiger partial charge in [0.1, 0.15) is 12.2 Å². The highest BCUT2D eigenvalue weighted by Gasteiger charge is 2.12. The van der Waals surface area contributed by atoms with Crippen molar-refractivity contribution in [2.45, 2.75) is 52.0 Å². The molecular weight excluding hydrogens is 234 g/mol. The van der Waals surface area contributed by atoms with Crippen molar-refractivity contribution in [3.8, 4) is 0 Å². The zero-order chi connectivity index (χ0) is 12.8. The zero-order valence-corrected chi connectivity index (χ0v) is 11.9. The lowest BCUT2D eigenvalue weighted by Crippen LogP contribution is -2.19. The number of aliphatic hydroxyl groups excluding tert-OH is 1. The molecule has 4 nitrogen and oxygen atoms in total. The molecule has 0 aliphatic carbocycles. The monoisotopic (exact) mass is 257 g/mol. The molecule has 0 bridgehead atoms. The molecule has 0 spiro atoms. The van der Waals surface area contributed by atoms with Crippen molar-refractivity contribution in [3.63, 3.8) is 0 Å². The normalized spacial score (nSPS) is 13.6. The van der Waals surface area contributed by atoms with E-state index in [2.05, 4.69) is 37.8 Å². The third-order valence-corrected chi connectivity index (χ3v) is 3.52. The molecule has 1 N–H and O–H groups in total. The molecule has 1 atom stereocenters. The van der Waals surface area contributed by atoms with Crippen molar-refractivity contribution >= 4 is 11.8 Å². The van der Waals surface area contributed by atoms with Crippen LogP contribution in [0.2, 0.25) is 0 Å². The molecule has 1 heterocycles. The average molecular weight is 257 g/mol. The molecule has 1 rings (SSSR count). The molecule has 1 aromatic rings. The van der Waals surface area contributed by atoms with Crippen LogP contribution in [0.4, 0.5) is 0 Å². The topological polar surface area (TPSA) is 50.9 Å². The number of rotatable bonds is 7. The summed E-state index contributed by atoms with van der Waals surface area (Å²) in [6.07, 6.45) is 1.82. The molecule has 0 saturated carbocycles. The van der Waals surface area contributed by atoms with Gasteiger partial charge in [0.05, 0.1) is 6.10 Å². The first-order valence-corrected chi connectivity index (χ1v) is 7.20. The molecule has 0 fully saturated rings. The van der Waals surface area contributed by atoms with E-state index in [1.807, 2.05) is 4.68 Å². The standard InChI is InChI=1S/C12H23N3OS/c1-9(2)6-15-12(13-8-14-15)5-11(16)7-17-10(3)4/h8-11,16H,5-7H2,1-4H3. The Hall–Kier alpha value is -0.550. The second kappa shape index (κ2) is 7.01. The number of hydrogen-bond donors (Lipinski definition) is 1. The minimum Gasteiger partial charge on any atom is -0.392 e. The lowest BCUT2D eigenvalue weighted by atomic mass is 10.2. The largest absolute Gasteiger partial charge is 0.392 e. The molecule has 98 valence electrons. The summed E-state index contributed by atoms with van der Waals surface area (Å²) in [5.74, 6) is 2.18. The second-order valence-electron chi connectivity index (χ2n) is 4.99. The molecule has 0 aliphatic rings. The van der Waals surface area contributed by atoms with Crippen molar-refractivity contribution < 1.29 is 5.11 Å². The lowest BCUT2D eigenvalue weighted by molar-refractivity contribution is 0.195. The maximum absolute atomic E-state index is 9.93. The highest BCUT2D eigenvalue weighted by atomic mass is 32.2. The Morgan fingerprint density at radius 3 is 2.65 bits per heavy atom. The van der Waals surface area contributed by atoms with Gasteiger partial charge >= 0.3 is 0 Å². The van der Waals surface area contributed by atoms with Gasteiger partial charge in [-0.15, -0.1) is 0 Å². The van der Waals surface area contributed by atoms with Gasteiger partial charge in [-0.3, -0.25) is 0 Å². The Balaban J connectivity index is 2.47. The van der Waals surface area contributed by atoms with Gasteiger partial charge in [0, 0.05) is 18.7 Å².